The molecule has 0 amide bonds. The van der Waals surface area contributed by atoms with Gasteiger partial charge in [-0.1, -0.05) is 17.7 Å². The van der Waals surface area contributed by atoms with Crippen LogP contribution in [0.2, 0.25) is 5.02 Å². The average molecular weight is 330 g/mol. The lowest BCUT2D eigenvalue weighted by molar-refractivity contribution is 0.0690. The van der Waals surface area contributed by atoms with Crippen LogP contribution >= 0.6 is 11.6 Å². The number of benzene rings is 1. The third kappa shape index (κ3) is 3.32. The lowest BCUT2D eigenvalue weighted by atomic mass is 10.1. The molecule has 7 heteroatoms. The van der Waals surface area contributed by atoms with Crippen LogP contribution in [0.25, 0.3) is 10.9 Å². The van der Waals surface area contributed by atoms with Crippen LogP contribution in [0.4, 0.5) is 5.82 Å². The third-order valence-electron chi connectivity index (χ3n) is 3.31. The Labute approximate surface area is 135 Å². The number of nitrogens with zero attached hydrogens (tertiary/aromatic N) is 1. The Morgan fingerprint density at radius 3 is 2.87 bits per heavy atom. The van der Waals surface area contributed by atoms with Gasteiger partial charge in [0.25, 0.3) is 5.56 Å². The van der Waals surface area contributed by atoms with Crippen LogP contribution in [0.15, 0.2) is 47.3 Å². The summed E-state index contributed by atoms with van der Waals surface area (Å²) in [5.74, 6) is -0.720. The highest BCUT2D eigenvalue weighted by Gasteiger charge is 2.07. The van der Waals surface area contributed by atoms with Crippen molar-refractivity contribution >= 4 is 34.3 Å². The molecule has 2 aromatic heterocycles. The number of hydrogen-bond acceptors (Lipinski definition) is 4. The van der Waals surface area contributed by atoms with E-state index in [1.165, 1.54) is 6.07 Å². The molecule has 0 fully saturated rings. The number of carboxylic acid groups (broad SMARTS) is 1. The molecule has 3 N–H and O–H groups in total. The zero-order valence-corrected chi connectivity index (χ0v) is 12.6. The van der Waals surface area contributed by atoms with Gasteiger partial charge in [-0.05, 0) is 36.4 Å². The van der Waals surface area contributed by atoms with Crippen LogP contribution in [-0.4, -0.2) is 21.0 Å². The first kappa shape index (κ1) is 15.1. The van der Waals surface area contributed by atoms with Gasteiger partial charge in [-0.15, -0.1) is 0 Å². The molecule has 116 valence electrons. The second-order valence-electron chi connectivity index (χ2n) is 4.92. The Balaban J connectivity index is 1.87. The molecule has 0 bridgehead atoms. The van der Waals surface area contributed by atoms with E-state index in [0.29, 0.717) is 21.9 Å². The Morgan fingerprint density at radius 1 is 1.26 bits per heavy atom. The molecular formula is C16H12ClN3O3. The van der Waals surface area contributed by atoms with Crippen LogP contribution in [0.5, 0.6) is 0 Å². The lowest BCUT2D eigenvalue weighted by Gasteiger charge is -2.07. The average Bonchev–Trinajstić information content (AvgIpc) is 2.53. The van der Waals surface area contributed by atoms with E-state index in [2.05, 4.69) is 15.3 Å². The number of rotatable bonds is 4. The molecule has 0 atom stereocenters. The van der Waals surface area contributed by atoms with E-state index in [9.17, 15) is 9.59 Å². The van der Waals surface area contributed by atoms with Gasteiger partial charge in [0, 0.05) is 28.0 Å². The van der Waals surface area contributed by atoms with E-state index in [0.717, 1.165) is 5.39 Å². The summed E-state index contributed by atoms with van der Waals surface area (Å²) >= 11 is 5.96. The summed E-state index contributed by atoms with van der Waals surface area (Å²) in [6.45, 7) is 0.216. The monoisotopic (exact) mass is 329 g/mol. The third-order valence-corrected chi connectivity index (χ3v) is 3.55. The van der Waals surface area contributed by atoms with Gasteiger partial charge in [-0.3, -0.25) is 4.79 Å². The van der Waals surface area contributed by atoms with Gasteiger partial charge < -0.3 is 15.4 Å². The summed E-state index contributed by atoms with van der Waals surface area (Å²) in [6.07, 6.45) is 0. The number of nitrogens with one attached hydrogen (secondary N) is 2. The molecule has 0 spiro atoms. The smallest absolute Gasteiger partial charge is 0.354 e. The van der Waals surface area contributed by atoms with Gasteiger partial charge in [0.15, 0.2) is 5.69 Å². The van der Waals surface area contributed by atoms with E-state index in [-0.39, 0.29) is 17.8 Å². The molecule has 0 aliphatic rings. The van der Waals surface area contributed by atoms with Crippen molar-refractivity contribution in [2.75, 3.05) is 5.32 Å². The number of hydrogen-bond donors (Lipinski definition) is 3. The molecule has 3 aromatic rings. The quantitative estimate of drug-likeness (QED) is 0.684. The molecule has 3 rings (SSSR count). The highest BCUT2D eigenvalue weighted by Crippen LogP contribution is 2.17. The van der Waals surface area contributed by atoms with Crippen LogP contribution in [-0.2, 0) is 6.54 Å². The maximum Gasteiger partial charge on any atom is 0.354 e. The highest BCUT2D eigenvalue weighted by atomic mass is 35.5. The number of aromatic amines is 1. The van der Waals surface area contributed by atoms with Gasteiger partial charge in [0.05, 0.1) is 0 Å². The first-order chi connectivity index (χ1) is 11.0. The minimum Gasteiger partial charge on any atom is -0.477 e. The van der Waals surface area contributed by atoms with Crippen LogP contribution < -0.4 is 10.9 Å². The van der Waals surface area contributed by atoms with E-state index >= 15 is 0 Å². The van der Waals surface area contributed by atoms with Crippen molar-refractivity contribution in [2.45, 2.75) is 6.54 Å². The van der Waals surface area contributed by atoms with E-state index < -0.39 is 5.97 Å². The number of aromatic carboxylic acids is 1. The molecule has 0 saturated carbocycles. The number of fused-ring (bicyclic) bond motifs is 1. The molecule has 0 radical (unpaired) electrons. The Hall–Kier alpha value is -2.86. The topological polar surface area (TPSA) is 95.1 Å². The fraction of sp³-hybridized carbons (Fsp3) is 0.0625. The molecule has 0 unspecified atom stereocenters. The SMILES string of the molecule is O=C(O)c1cccc(NCc2cc3cc(Cl)ccc3[nH]c2=O)n1. The summed E-state index contributed by atoms with van der Waals surface area (Å²) in [5, 5.41) is 13.3. The molecule has 0 aliphatic carbocycles. The standard InChI is InChI=1S/C16H12ClN3O3/c17-11-4-5-12-9(7-11)6-10(15(21)20-12)8-18-14-3-1-2-13(19-14)16(22)23/h1-7H,8H2,(H,18,19)(H,20,21)(H,22,23). The van der Waals surface area contributed by atoms with Crippen molar-refractivity contribution in [1.82, 2.24) is 9.97 Å². The zero-order valence-electron chi connectivity index (χ0n) is 11.8. The van der Waals surface area contributed by atoms with Gasteiger partial charge in [-0.2, -0.15) is 0 Å². The molecular weight excluding hydrogens is 318 g/mol. The predicted octanol–water partition coefficient (Wildman–Crippen LogP) is 2.89. The maximum atomic E-state index is 12.1. The van der Waals surface area contributed by atoms with Crippen molar-refractivity contribution in [3.63, 3.8) is 0 Å². The Bertz CT molecular complexity index is 953. The molecule has 2 heterocycles. The van der Waals surface area contributed by atoms with Crippen molar-refractivity contribution in [3.05, 3.63) is 69.1 Å². The summed E-state index contributed by atoms with van der Waals surface area (Å²) in [5.41, 5.74) is 0.923. The Morgan fingerprint density at radius 2 is 2.09 bits per heavy atom. The molecule has 1 aromatic carbocycles. The fourth-order valence-electron chi connectivity index (χ4n) is 2.19. The van der Waals surface area contributed by atoms with Gasteiger partial charge in [0.1, 0.15) is 5.82 Å². The van der Waals surface area contributed by atoms with E-state index in [1.807, 2.05) is 0 Å². The van der Waals surface area contributed by atoms with Crippen LogP contribution in [0, 0.1) is 0 Å². The lowest BCUT2D eigenvalue weighted by Crippen LogP contribution is -2.16. The van der Waals surface area contributed by atoms with Crippen molar-refractivity contribution in [2.24, 2.45) is 0 Å². The first-order valence-electron chi connectivity index (χ1n) is 6.78. The predicted molar refractivity (Wildman–Crippen MR) is 88.1 cm³/mol. The number of carbonyl (C=O) groups is 1. The number of pyridine rings is 2. The minimum atomic E-state index is -1.10. The van der Waals surface area contributed by atoms with Gasteiger partial charge >= 0.3 is 5.97 Å². The first-order valence-corrected chi connectivity index (χ1v) is 7.16. The van der Waals surface area contributed by atoms with Crippen LogP contribution in [0.1, 0.15) is 16.1 Å². The summed E-state index contributed by atoms with van der Waals surface area (Å²) in [4.78, 5) is 29.7. The number of aromatic nitrogens is 2. The second-order valence-corrected chi connectivity index (χ2v) is 5.36. The number of halogens is 1. The summed E-state index contributed by atoms with van der Waals surface area (Å²) < 4.78 is 0. The Kier molecular flexibility index (Phi) is 3.99. The number of carboxylic acids is 1. The minimum absolute atomic E-state index is 0.0609. The van der Waals surface area contributed by atoms with Crippen molar-refractivity contribution in [3.8, 4) is 0 Å². The van der Waals surface area contributed by atoms with E-state index in [1.54, 1.807) is 36.4 Å². The fourth-order valence-corrected chi connectivity index (χ4v) is 2.37. The summed E-state index contributed by atoms with van der Waals surface area (Å²) in [6, 6.07) is 11.6. The summed E-state index contributed by atoms with van der Waals surface area (Å²) in [7, 11) is 0. The maximum absolute atomic E-state index is 12.1. The molecule has 6 nitrogen and oxygen atoms in total. The molecule has 0 aliphatic heterocycles. The number of H-pyrrole nitrogens is 1. The van der Waals surface area contributed by atoms with Crippen LogP contribution in [0.3, 0.4) is 0 Å². The highest BCUT2D eigenvalue weighted by molar-refractivity contribution is 6.31. The second kappa shape index (κ2) is 6.10. The largest absolute Gasteiger partial charge is 0.477 e. The number of anilines is 1. The normalized spacial score (nSPS) is 10.7. The van der Waals surface area contributed by atoms with Gasteiger partial charge in [0.2, 0.25) is 0 Å². The molecule has 0 saturated heterocycles. The molecule has 23 heavy (non-hydrogen) atoms. The van der Waals surface area contributed by atoms with E-state index in [4.69, 9.17) is 16.7 Å². The zero-order chi connectivity index (χ0) is 16.4. The van der Waals surface area contributed by atoms with Crippen molar-refractivity contribution in [1.29, 1.82) is 0 Å². The van der Waals surface area contributed by atoms with Gasteiger partial charge in [-0.25, -0.2) is 9.78 Å². The van der Waals surface area contributed by atoms with Crippen molar-refractivity contribution < 1.29 is 9.90 Å².